The van der Waals surface area contributed by atoms with Crippen LogP contribution in [0.2, 0.25) is 0 Å². The second-order valence-corrected chi connectivity index (χ2v) is 7.62. The smallest absolute Gasteiger partial charge is 0.261 e. The lowest BCUT2D eigenvalue weighted by molar-refractivity contribution is -0.130. The van der Waals surface area contributed by atoms with Crippen molar-refractivity contribution in [2.45, 2.75) is 12.8 Å². The van der Waals surface area contributed by atoms with Crippen molar-refractivity contribution in [2.24, 2.45) is 0 Å². The molecule has 0 saturated heterocycles. The van der Waals surface area contributed by atoms with Crippen LogP contribution in [0.25, 0.3) is 16.5 Å². The third kappa shape index (κ3) is 3.01. The second-order valence-electron chi connectivity index (χ2n) is 7.62. The van der Waals surface area contributed by atoms with E-state index in [1.54, 1.807) is 29.2 Å². The van der Waals surface area contributed by atoms with E-state index in [0.29, 0.717) is 24.2 Å². The number of H-pyrrole nitrogens is 1. The van der Waals surface area contributed by atoms with Crippen LogP contribution in [0.15, 0.2) is 60.8 Å². The molecule has 0 saturated carbocycles. The molecule has 0 aliphatic carbocycles. The Kier molecular flexibility index (Phi) is 4.47. The number of carbonyl (C=O) groups is 3. The van der Waals surface area contributed by atoms with Crippen LogP contribution in [0.1, 0.15) is 39.1 Å². The lowest BCUT2D eigenvalue weighted by Gasteiger charge is -2.27. The van der Waals surface area contributed by atoms with Crippen molar-refractivity contribution in [2.75, 3.05) is 19.6 Å². The van der Waals surface area contributed by atoms with Crippen LogP contribution in [0, 0.1) is 0 Å². The molecule has 6 heteroatoms. The zero-order chi connectivity index (χ0) is 20.7. The molecule has 0 atom stereocenters. The van der Waals surface area contributed by atoms with Gasteiger partial charge in [-0.2, -0.15) is 0 Å². The molecular weight excluding hydrogens is 378 g/mol. The van der Waals surface area contributed by atoms with Crippen molar-refractivity contribution >= 4 is 34.2 Å². The molecule has 0 radical (unpaired) electrons. The molecule has 3 aromatic rings. The van der Waals surface area contributed by atoms with Gasteiger partial charge in [-0.15, -0.1) is 0 Å². The molecule has 30 heavy (non-hydrogen) atoms. The molecule has 0 unspecified atom stereocenters. The van der Waals surface area contributed by atoms with Crippen LogP contribution < -0.4 is 0 Å². The van der Waals surface area contributed by atoms with Gasteiger partial charge in [0, 0.05) is 48.7 Å². The highest BCUT2D eigenvalue weighted by Gasteiger charge is 2.35. The number of imide groups is 1. The monoisotopic (exact) mass is 399 g/mol. The molecule has 2 aromatic carbocycles. The Balaban J connectivity index is 1.23. The number of amides is 3. The summed E-state index contributed by atoms with van der Waals surface area (Å²) >= 11 is 0. The summed E-state index contributed by atoms with van der Waals surface area (Å²) in [6.45, 7) is 1.28. The van der Waals surface area contributed by atoms with Crippen molar-refractivity contribution in [3.63, 3.8) is 0 Å². The van der Waals surface area contributed by atoms with Crippen LogP contribution in [0.4, 0.5) is 0 Å². The quantitative estimate of drug-likeness (QED) is 0.683. The first-order valence-corrected chi connectivity index (χ1v) is 10.1. The number of benzene rings is 2. The van der Waals surface area contributed by atoms with E-state index in [0.717, 1.165) is 11.9 Å². The van der Waals surface area contributed by atoms with Crippen LogP contribution in [0.5, 0.6) is 0 Å². The summed E-state index contributed by atoms with van der Waals surface area (Å²) < 4.78 is 0. The molecule has 0 spiro atoms. The van der Waals surface area contributed by atoms with Crippen molar-refractivity contribution in [3.8, 4) is 0 Å². The van der Waals surface area contributed by atoms with Gasteiger partial charge in [0.05, 0.1) is 11.1 Å². The third-order valence-corrected chi connectivity index (χ3v) is 5.92. The van der Waals surface area contributed by atoms with E-state index in [2.05, 4.69) is 23.2 Å². The van der Waals surface area contributed by atoms with Crippen molar-refractivity contribution in [1.29, 1.82) is 0 Å². The number of hydrogen-bond acceptors (Lipinski definition) is 3. The van der Waals surface area contributed by atoms with Gasteiger partial charge in [-0.3, -0.25) is 19.3 Å². The fourth-order valence-corrected chi connectivity index (χ4v) is 4.29. The van der Waals surface area contributed by atoms with E-state index in [1.165, 1.54) is 21.4 Å². The highest BCUT2D eigenvalue weighted by atomic mass is 16.2. The maximum Gasteiger partial charge on any atom is 0.261 e. The van der Waals surface area contributed by atoms with Gasteiger partial charge in [0.15, 0.2) is 0 Å². The van der Waals surface area contributed by atoms with Gasteiger partial charge in [0.1, 0.15) is 0 Å². The van der Waals surface area contributed by atoms with Crippen LogP contribution in [0.3, 0.4) is 0 Å². The standard InChI is InChI=1S/C24H21N3O3/c28-22(11-14-27-23(29)18-6-1-2-7-19(18)24(27)30)26-12-9-16(10-13-26)20-15-25-21-8-4-3-5-17(20)21/h1-9,15,25H,10-14H2. The number of aromatic amines is 1. The molecule has 5 rings (SSSR count). The number of para-hydroxylation sites is 1. The molecule has 150 valence electrons. The van der Waals surface area contributed by atoms with E-state index in [-0.39, 0.29) is 30.7 Å². The first-order chi connectivity index (χ1) is 14.6. The van der Waals surface area contributed by atoms with E-state index < -0.39 is 0 Å². The Bertz CT molecular complexity index is 1170. The molecule has 1 aromatic heterocycles. The summed E-state index contributed by atoms with van der Waals surface area (Å²) in [6, 6.07) is 15.0. The first kappa shape index (κ1) is 18.4. The normalized spacial score (nSPS) is 16.2. The lowest BCUT2D eigenvalue weighted by Crippen LogP contribution is -2.38. The van der Waals surface area contributed by atoms with Crippen molar-refractivity contribution < 1.29 is 14.4 Å². The largest absolute Gasteiger partial charge is 0.361 e. The number of nitrogens with zero attached hydrogens (tertiary/aromatic N) is 2. The summed E-state index contributed by atoms with van der Waals surface area (Å²) in [5.41, 5.74) is 4.35. The first-order valence-electron chi connectivity index (χ1n) is 10.1. The predicted octanol–water partition coefficient (Wildman–Crippen LogP) is 3.47. The van der Waals surface area contributed by atoms with E-state index in [9.17, 15) is 14.4 Å². The number of hydrogen-bond donors (Lipinski definition) is 1. The lowest BCUT2D eigenvalue weighted by atomic mass is 9.99. The topological polar surface area (TPSA) is 73.5 Å². The minimum absolute atomic E-state index is 0.0409. The van der Waals surface area contributed by atoms with Gasteiger partial charge in [-0.1, -0.05) is 36.4 Å². The van der Waals surface area contributed by atoms with Crippen molar-refractivity contribution in [1.82, 2.24) is 14.8 Å². The molecule has 0 bridgehead atoms. The third-order valence-electron chi connectivity index (χ3n) is 5.92. The average Bonchev–Trinajstić information content (AvgIpc) is 3.32. The van der Waals surface area contributed by atoms with E-state index in [4.69, 9.17) is 0 Å². The summed E-state index contributed by atoms with van der Waals surface area (Å²) in [4.78, 5) is 43.8. The Morgan fingerprint density at radius 2 is 1.63 bits per heavy atom. The highest BCUT2D eigenvalue weighted by Crippen LogP contribution is 2.29. The maximum atomic E-state index is 12.7. The van der Waals surface area contributed by atoms with E-state index in [1.807, 2.05) is 18.3 Å². The van der Waals surface area contributed by atoms with Crippen LogP contribution in [-0.4, -0.2) is 52.1 Å². The Morgan fingerprint density at radius 1 is 0.933 bits per heavy atom. The second kappa shape index (κ2) is 7.30. The molecule has 3 amide bonds. The Labute approximate surface area is 173 Å². The van der Waals surface area contributed by atoms with E-state index >= 15 is 0 Å². The van der Waals surface area contributed by atoms with Gasteiger partial charge >= 0.3 is 0 Å². The number of carbonyl (C=O) groups excluding carboxylic acids is 3. The van der Waals surface area contributed by atoms with Crippen molar-refractivity contribution in [3.05, 3.63) is 77.5 Å². The average molecular weight is 399 g/mol. The molecular formula is C24H21N3O3. The summed E-state index contributed by atoms with van der Waals surface area (Å²) in [6.07, 6.45) is 5.04. The van der Waals surface area contributed by atoms with Crippen LogP contribution in [-0.2, 0) is 4.79 Å². The highest BCUT2D eigenvalue weighted by molar-refractivity contribution is 6.21. The zero-order valence-corrected chi connectivity index (χ0v) is 16.4. The molecule has 2 aliphatic heterocycles. The number of fused-ring (bicyclic) bond motifs is 2. The fraction of sp³-hybridized carbons (Fsp3) is 0.208. The number of nitrogens with one attached hydrogen (secondary N) is 1. The SMILES string of the molecule is O=C(CCN1C(=O)c2ccccc2C1=O)N1CC=C(c2c[nH]c3ccccc23)CC1. The fourth-order valence-electron chi connectivity index (χ4n) is 4.29. The summed E-state index contributed by atoms with van der Waals surface area (Å²) in [7, 11) is 0. The Hall–Kier alpha value is -3.67. The molecule has 3 heterocycles. The van der Waals surface area contributed by atoms with Gasteiger partial charge in [0.25, 0.3) is 11.8 Å². The van der Waals surface area contributed by atoms with Crippen LogP contribution >= 0.6 is 0 Å². The maximum absolute atomic E-state index is 12.7. The summed E-state index contributed by atoms with van der Waals surface area (Å²) in [5, 5.41) is 1.19. The minimum atomic E-state index is -0.316. The molecule has 6 nitrogen and oxygen atoms in total. The molecule has 0 fully saturated rings. The molecule has 2 aliphatic rings. The van der Waals surface area contributed by atoms with Gasteiger partial charge in [0.2, 0.25) is 5.91 Å². The minimum Gasteiger partial charge on any atom is -0.361 e. The summed E-state index contributed by atoms with van der Waals surface area (Å²) in [5.74, 6) is -0.673. The molecule has 1 N–H and O–H groups in total. The number of rotatable bonds is 4. The zero-order valence-electron chi connectivity index (χ0n) is 16.4. The number of aromatic nitrogens is 1. The van der Waals surface area contributed by atoms with Gasteiger partial charge in [-0.25, -0.2) is 0 Å². The van der Waals surface area contributed by atoms with Gasteiger partial charge < -0.3 is 9.88 Å². The predicted molar refractivity (Wildman–Crippen MR) is 114 cm³/mol. The Morgan fingerprint density at radius 3 is 2.33 bits per heavy atom. The van der Waals surface area contributed by atoms with Gasteiger partial charge in [-0.05, 0) is 30.2 Å².